The Hall–Kier alpha value is -2.01. The van der Waals surface area contributed by atoms with Crippen LogP contribution in [0.2, 0.25) is 5.02 Å². The van der Waals surface area contributed by atoms with Crippen molar-refractivity contribution in [1.29, 1.82) is 0 Å². The average Bonchev–Trinajstić information content (AvgIpc) is 2.59. The monoisotopic (exact) mass is 446 g/mol. The number of halogens is 1. The Balaban J connectivity index is 1.88. The highest BCUT2D eigenvalue weighted by Crippen LogP contribution is 2.41. The molecule has 1 aliphatic carbocycles. The van der Waals surface area contributed by atoms with Crippen molar-refractivity contribution in [3.8, 4) is 0 Å². The van der Waals surface area contributed by atoms with Gasteiger partial charge >= 0.3 is 12.0 Å². The van der Waals surface area contributed by atoms with Gasteiger partial charge in [-0.15, -0.1) is 0 Å². The predicted octanol–water partition coefficient (Wildman–Crippen LogP) is 5.96. The van der Waals surface area contributed by atoms with Crippen LogP contribution in [-0.4, -0.2) is 28.0 Å². The largest absolute Gasteiger partial charge is 0.481 e. The summed E-state index contributed by atoms with van der Waals surface area (Å²) in [7, 11) is 0. The third-order valence-corrected chi connectivity index (χ3v) is 7.05. The summed E-state index contributed by atoms with van der Waals surface area (Å²) in [5, 5.41) is 13.1. The lowest BCUT2D eigenvalue weighted by Gasteiger charge is -2.47. The summed E-state index contributed by atoms with van der Waals surface area (Å²) in [6, 6.07) is 5.88. The molecule has 6 heteroatoms. The molecular weight excluding hydrogens is 412 g/mol. The van der Waals surface area contributed by atoms with Crippen molar-refractivity contribution in [2.24, 2.45) is 17.3 Å². The van der Waals surface area contributed by atoms with Crippen LogP contribution in [0.1, 0.15) is 71.9 Å². The van der Waals surface area contributed by atoms with Gasteiger partial charge in [0, 0.05) is 17.3 Å². The molecular formula is C25H35ClN2O3. The first-order valence-electron chi connectivity index (χ1n) is 11.2. The molecule has 1 aromatic carbocycles. The normalized spacial score (nSPS) is 26.4. The quantitative estimate of drug-likeness (QED) is 0.566. The number of aliphatic carboxylic acids is 1. The predicted molar refractivity (Wildman–Crippen MR) is 124 cm³/mol. The Morgan fingerprint density at radius 3 is 2.48 bits per heavy atom. The summed E-state index contributed by atoms with van der Waals surface area (Å²) in [4.78, 5) is 25.9. The Kier molecular flexibility index (Phi) is 6.48. The number of nitrogens with one attached hydrogen (secondary N) is 1. The van der Waals surface area contributed by atoms with E-state index in [0.717, 1.165) is 34.6 Å². The van der Waals surface area contributed by atoms with Gasteiger partial charge in [-0.1, -0.05) is 58.4 Å². The van der Waals surface area contributed by atoms with Crippen LogP contribution in [0, 0.1) is 17.3 Å². The van der Waals surface area contributed by atoms with Crippen LogP contribution >= 0.6 is 11.6 Å². The van der Waals surface area contributed by atoms with Gasteiger partial charge in [-0.05, 0) is 66.7 Å². The molecule has 0 aromatic heterocycles. The molecule has 1 atom stereocenters. The van der Waals surface area contributed by atoms with Gasteiger partial charge in [-0.2, -0.15) is 0 Å². The minimum atomic E-state index is -0.784. The zero-order valence-corrected chi connectivity index (χ0v) is 20.2. The van der Waals surface area contributed by atoms with Gasteiger partial charge in [-0.25, -0.2) is 4.79 Å². The fourth-order valence-electron chi connectivity index (χ4n) is 4.51. The van der Waals surface area contributed by atoms with E-state index in [2.05, 4.69) is 52.1 Å². The van der Waals surface area contributed by atoms with Crippen molar-refractivity contribution < 1.29 is 14.7 Å². The van der Waals surface area contributed by atoms with E-state index in [-0.39, 0.29) is 29.3 Å². The lowest BCUT2D eigenvalue weighted by Crippen LogP contribution is -2.59. The van der Waals surface area contributed by atoms with Crippen molar-refractivity contribution in [2.45, 2.75) is 78.8 Å². The maximum absolute atomic E-state index is 13.0. The van der Waals surface area contributed by atoms with Crippen molar-refractivity contribution in [3.05, 3.63) is 46.1 Å². The first kappa shape index (κ1) is 23.6. The van der Waals surface area contributed by atoms with Gasteiger partial charge in [0.2, 0.25) is 0 Å². The molecule has 0 bridgehead atoms. The molecule has 0 radical (unpaired) electrons. The van der Waals surface area contributed by atoms with Crippen molar-refractivity contribution in [2.75, 3.05) is 0 Å². The topological polar surface area (TPSA) is 69.6 Å². The van der Waals surface area contributed by atoms with E-state index >= 15 is 0 Å². The summed E-state index contributed by atoms with van der Waals surface area (Å²) in [6.07, 6.45) is 4.89. The van der Waals surface area contributed by atoms with Crippen molar-refractivity contribution >= 4 is 23.6 Å². The number of benzene rings is 1. The molecule has 0 saturated heterocycles. The average molecular weight is 447 g/mol. The number of carbonyl (C=O) groups excluding carboxylic acids is 1. The lowest BCUT2D eigenvalue weighted by molar-refractivity contribution is -0.146. The second-order valence-corrected chi connectivity index (χ2v) is 11.1. The number of aryl methyl sites for hydroxylation is 1. The number of hydrogen-bond donors (Lipinski definition) is 2. The molecule has 1 aromatic rings. The third kappa shape index (κ3) is 4.92. The standard InChI is InChI=1S/C25H35ClN2O3/c1-15(2)20-14-28(19-11-17(12-19)22(29)30)23(31)27-25(20,6)18-8-7-16(21(26)13-18)9-10-24(3,4)5/h7-8,13-15,17,19H,9-12H2,1-6H3,(H,27,31)(H,29,30)/t17-,19+,25-/m0/s1. The van der Waals surface area contributed by atoms with E-state index in [1.807, 2.05) is 19.2 Å². The SMILES string of the molecule is CC(C)C1=CN([C@H]2C[C@@H](C(=O)O)C2)C(=O)N[C@@]1(C)c1ccc(CCC(C)(C)C)c(Cl)c1. The maximum Gasteiger partial charge on any atom is 0.322 e. The summed E-state index contributed by atoms with van der Waals surface area (Å²) in [5.74, 6) is -0.947. The molecule has 2 aliphatic rings. The molecule has 0 spiro atoms. The van der Waals surface area contributed by atoms with Crippen LogP contribution in [0.4, 0.5) is 4.79 Å². The molecule has 1 saturated carbocycles. The molecule has 3 rings (SSSR count). The summed E-state index contributed by atoms with van der Waals surface area (Å²) < 4.78 is 0. The molecule has 1 aliphatic heterocycles. The molecule has 31 heavy (non-hydrogen) atoms. The number of urea groups is 1. The second-order valence-electron chi connectivity index (χ2n) is 10.7. The van der Waals surface area contributed by atoms with E-state index in [4.69, 9.17) is 11.6 Å². The van der Waals surface area contributed by atoms with Gasteiger partial charge in [0.15, 0.2) is 0 Å². The Morgan fingerprint density at radius 2 is 1.97 bits per heavy atom. The van der Waals surface area contributed by atoms with E-state index in [1.54, 1.807) is 4.90 Å². The minimum absolute atomic E-state index is 0.0669. The summed E-state index contributed by atoms with van der Waals surface area (Å²) in [5.41, 5.74) is 2.75. The van der Waals surface area contributed by atoms with E-state index in [0.29, 0.717) is 12.8 Å². The van der Waals surface area contributed by atoms with Crippen molar-refractivity contribution in [1.82, 2.24) is 10.2 Å². The molecule has 0 unspecified atom stereocenters. The summed E-state index contributed by atoms with van der Waals surface area (Å²) in [6.45, 7) is 12.9. The van der Waals surface area contributed by atoms with Gasteiger partial charge in [0.25, 0.3) is 0 Å². The van der Waals surface area contributed by atoms with Crippen LogP contribution in [0.3, 0.4) is 0 Å². The van der Waals surface area contributed by atoms with Gasteiger partial charge < -0.3 is 10.4 Å². The van der Waals surface area contributed by atoms with Crippen LogP contribution in [0.15, 0.2) is 30.0 Å². The zero-order chi connectivity index (χ0) is 23.1. The van der Waals surface area contributed by atoms with Crippen molar-refractivity contribution in [3.63, 3.8) is 0 Å². The highest BCUT2D eigenvalue weighted by atomic mass is 35.5. The number of amides is 2. The molecule has 1 fully saturated rings. The smallest absolute Gasteiger partial charge is 0.322 e. The molecule has 2 amide bonds. The summed E-state index contributed by atoms with van der Waals surface area (Å²) >= 11 is 6.66. The number of nitrogens with zero attached hydrogens (tertiary/aromatic N) is 1. The number of carboxylic acids is 1. The molecule has 2 N–H and O–H groups in total. The molecule has 1 heterocycles. The third-order valence-electron chi connectivity index (χ3n) is 6.70. The fourth-order valence-corrected chi connectivity index (χ4v) is 4.79. The van der Waals surface area contributed by atoms with Crippen LogP contribution < -0.4 is 5.32 Å². The second kappa shape index (κ2) is 8.50. The van der Waals surface area contributed by atoms with Crippen LogP contribution in [0.5, 0.6) is 0 Å². The maximum atomic E-state index is 13.0. The van der Waals surface area contributed by atoms with E-state index in [9.17, 15) is 14.7 Å². The zero-order valence-electron chi connectivity index (χ0n) is 19.5. The van der Waals surface area contributed by atoms with Gasteiger partial charge in [0.05, 0.1) is 11.5 Å². The number of rotatable bonds is 6. The molecule has 5 nitrogen and oxygen atoms in total. The van der Waals surface area contributed by atoms with E-state index < -0.39 is 11.5 Å². The minimum Gasteiger partial charge on any atom is -0.481 e. The lowest BCUT2D eigenvalue weighted by atomic mass is 9.76. The molecule has 170 valence electrons. The van der Waals surface area contributed by atoms with Crippen LogP contribution in [0.25, 0.3) is 0 Å². The van der Waals surface area contributed by atoms with Crippen LogP contribution in [-0.2, 0) is 16.8 Å². The van der Waals surface area contributed by atoms with E-state index in [1.165, 1.54) is 0 Å². The Bertz CT molecular complexity index is 897. The number of hydrogen-bond acceptors (Lipinski definition) is 2. The Morgan fingerprint density at radius 1 is 1.32 bits per heavy atom. The number of carboxylic acid groups (broad SMARTS) is 1. The first-order valence-corrected chi connectivity index (χ1v) is 11.5. The first-order chi connectivity index (χ1) is 14.3. The highest BCUT2D eigenvalue weighted by Gasteiger charge is 2.45. The highest BCUT2D eigenvalue weighted by molar-refractivity contribution is 6.31. The number of carbonyl (C=O) groups is 2. The fraction of sp³-hybridized carbons (Fsp3) is 0.600. The van der Waals surface area contributed by atoms with Gasteiger partial charge in [0.1, 0.15) is 0 Å². The van der Waals surface area contributed by atoms with Gasteiger partial charge in [-0.3, -0.25) is 9.69 Å². The Labute approximate surface area is 190 Å².